The normalized spacial score (nSPS) is 10.6. The molecule has 2 aromatic carbocycles. The van der Waals surface area contributed by atoms with Crippen LogP contribution in [0.25, 0.3) is 5.69 Å². The molecule has 2 N–H and O–H groups in total. The Morgan fingerprint density at radius 1 is 0.967 bits per heavy atom. The Kier molecular flexibility index (Phi) is 5.40. The molecule has 0 spiro atoms. The third-order valence-corrected chi connectivity index (χ3v) is 5.33. The average Bonchev–Trinajstić information content (AvgIpc) is 3.39. The van der Waals surface area contributed by atoms with Gasteiger partial charge in [-0.2, -0.15) is 5.10 Å². The van der Waals surface area contributed by atoms with Crippen LogP contribution in [0.5, 0.6) is 0 Å². The number of hydrogen-bond acceptors (Lipinski definition) is 4. The van der Waals surface area contributed by atoms with Gasteiger partial charge < -0.3 is 10.6 Å². The lowest BCUT2D eigenvalue weighted by Gasteiger charge is -2.09. The first-order valence-electron chi connectivity index (χ1n) is 9.09. The lowest BCUT2D eigenvalue weighted by atomic mass is 10.2. The Morgan fingerprint density at radius 2 is 1.70 bits per heavy atom. The standard InChI is InChI=1S/C22H17FN4O2S/c1-14-17(13-24-27(14)19-9-3-2-8-18(19)23)21(28)25-15-6-4-7-16(12-15)26-22(29)20-10-5-11-30-20/h2-13H,1H3,(H,25,28)(H,26,29). The van der Waals surface area contributed by atoms with E-state index in [-0.39, 0.29) is 17.5 Å². The number of amides is 2. The molecule has 0 saturated carbocycles. The summed E-state index contributed by atoms with van der Waals surface area (Å²) in [6.07, 6.45) is 1.40. The molecule has 0 atom stereocenters. The molecule has 0 unspecified atom stereocenters. The van der Waals surface area contributed by atoms with E-state index in [9.17, 15) is 14.0 Å². The van der Waals surface area contributed by atoms with Gasteiger partial charge in [-0.15, -0.1) is 11.3 Å². The number of para-hydroxylation sites is 1. The number of nitrogens with zero attached hydrogens (tertiary/aromatic N) is 2. The number of anilines is 2. The molecule has 2 amide bonds. The number of aromatic nitrogens is 2. The summed E-state index contributed by atoms with van der Waals surface area (Å²) in [6.45, 7) is 1.70. The van der Waals surface area contributed by atoms with Crippen LogP contribution in [0.2, 0.25) is 0 Å². The first-order valence-corrected chi connectivity index (χ1v) is 9.96. The van der Waals surface area contributed by atoms with Crippen LogP contribution in [0.15, 0.2) is 72.2 Å². The van der Waals surface area contributed by atoms with Crippen LogP contribution in [0.1, 0.15) is 25.7 Å². The smallest absolute Gasteiger partial charge is 0.265 e. The predicted molar refractivity (Wildman–Crippen MR) is 115 cm³/mol. The molecule has 0 bridgehead atoms. The van der Waals surface area contributed by atoms with Crippen molar-refractivity contribution in [2.75, 3.05) is 10.6 Å². The zero-order valence-electron chi connectivity index (χ0n) is 15.9. The number of carbonyl (C=O) groups is 2. The minimum absolute atomic E-state index is 0.213. The molecule has 0 radical (unpaired) electrons. The van der Waals surface area contributed by atoms with Gasteiger partial charge in [-0.05, 0) is 48.7 Å². The summed E-state index contributed by atoms with van der Waals surface area (Å²) in [5.41, 5.74) is 2.19. The van der Waals surface area contributed by atoms with Crippen LogP contribution < -0.4 is 10.6 Å². The first kappa shape index (κ1) is 19.5. The zero-order chi connectivity index (χ0) is 21.1. The number of benzene rings is 2. The summed E-state index contributed by atoms with van der Waals surface area (Å²) in [6, 6.07) is 16.6. The summed E-state index contributed by atoms with van der Waals surface area (Å²) in [7, 11) is 0. The molecule has 150 valence electrons. The minimum Gasteiger partial charge on any atom is -0.322 e. The second-order valence-corrected chi connectivity index (χ2v) is 7.42. The van der Waals surface area contributed by atoms with Gasteiger partial charge in [0, 0.05) is 11.4 Å². The third kappa shape index (κ3) is 3.99. The maximum Gasteiger partial charge on any atom is 0.265 e. The highest BCUT2D eigenvalue weighted by Gasteiger charge is 2.17. The number of rotatable bonds is 5. The fourth-order valence-electron chi connectivity index (χ4n) is 2.97. The van der Waals surface area contributed by atoms with Gasteiger partial charge in [-0.3, -0.25) is 9.59 Å². The number of nitrogens with one attached hydrogen (secondary N) is 2. The summed E-state index contributed by atoms with van der Waals surface area (Å²) in [5, 5.41) is 11.6. The Bertz CT molecular complexity index is 1220. The van der Waals surface area contributed by atoms with Gasteiger partial charge in [0.1, 0.15) is 11.5 Å². The molecule has 8 heteroatoms. The molecule has 0 aliphatic carbocycles. The van der Waals surface area contributed by atoms with Crippen LogP contribution in [-0.4, -0.2) is 21.6 Å². The van der Waals surface area contributed by atoms with Crippen molar-refractivity contribution >= 4 is 34.5 Å². The highest BCUT2D eigenvalue weighted by molar-refractivity contribution is 7.12. The Hall–Kier alpha value is -3.78. The molecule has 4 rings (SSSR count). The molecule has 2 heterocycles. The fraction of sp³-hybridized carbons (Fsp3) is 0.0455. The van der Waals surface area contributed by atoms with Crippen LogP contribution >= 0.6 is 11.3 Å². The van der Waals surface area contributed by atoms with Gasteiger partial charge in [0.15, 0.2) is 0 Å². The zero-order valence-corrected chi connectivity index (χ0v) is 16.7. The average molecular weight is 420 g/mol. The van der Waals surface area contributed by atoms with Crippen molar-refractivity contribution in [3.8, 4) is 5.69 Å². The van der Waals surface area contributed by atoms with Crippen molar-refractivity contribution in [2.45, 2.75) is 6.92 Å². The van der Waals surface area contributed by atoms with E-state index in [0.717, 1.165) is 0 Å². The number of hydrogen-bond donors (Lipinski definition) is 2. The van der Waals surface area contributed by atoms with E-state index in [1.54, 1.807) is 61.5 Å². The number of carbonyl (C=O) groups excluding carboxylic acids is 2. The van der Waals surface area contributed by atoms with Crippen molar-refractivity contribution in [3.05, 3.63) is 94.2 Å². The van der Waals surface area contributed by atoms with Crippen LogP contribution in [-0.2, 0) is 0 Å². The van der Waals surface area contributed by atoms with Gasteiger partial charge in [-0.1, -0.05) is 24.3 Å². The monoisotopic (exact) mass is 420 g/mol. The quantitative estimate of drug-likeness (QED) is 0.483. The van der Waals surface area contributed by atoms with E-state index in [1.807, 2.05) is 5.38 Å². The van der Waals surface area contributed by atoms with Gasteiger partial charge in [0.25, 0.3) is 11.8 Å². The molecular weight excluding hydrogens is 403 g/mol. The second-order valence-electron chi connectivity index (χ2n) is 6.47. The van der Waals surface area contributed by atoms with E-state index >= 15 is 0 Å². The van der Waals surface area contributed by atoms with Crippen molar-refractivity contribution in [2.24, 2.45) is 0 Å². The highest BCUT2D eigenvalue weighted by Crippen LogP contribution is 2.21. The van der Waals surface area contributed by atoms with E-state index in [4.69, 9.17) is 0 Å². The lowest BCUT2D eigenvalue weighted by molar-refractivity contribution is 0.102. The van der Waals surface area contributed by atoms with Gasteiger partial charge in [0.2, 0.25) is 0 Å². The maximum absolute atomic E-state index is 14.1. The maximum atomic E-state index is 14.1. The van der Waals surface area contributed by atoms with Gasteiger partial charge in [-0.25, -0.2) is 9.07 Å². The van der Waals surface area contributed by atoms with E-state index in [2.05, 4.69) is 15.7 Å². The summed E-state index contributed by atoms with van der Waals surface area (Å²) >= 11 is 1.35. The number of thiophene rings is 1. The minimum atomic E-state index is -0.426. The predicted octanol–water partition coefficient (Wildman–Crippen LogP) is 4.89. The largest absolute Gasteiger partial charge is 0.322 e. The molecule has 0 saturated heterocycles. The van der Waals surface area contributed by atoms with Gasteiger partial charge >= 0.3 is 0 Å². The fourth-order valence-corrected chi connectivity index (χ4v) is 3.59. The summed E-state index contributed by atoms with van der Waals surface area (Å²) < 4.78 is 15.5. The molecule has 30 heavy (non-hydrogen) atoms. The highest BCUT2D eigenvalue weighted by atomic mass is 32.1. The summed E-state index contributed by atoms with van der Waals surface area (Å²) in [5.74, 6) is -1.02. The number of halogens is 1. The molecule has 4 aromatic rings. The van der Waals surface area contributed by atoms with Crippen LogP contribution in [0.4, 0.5) is 15.8 Å². The second kappa shape index (κ2) is 8.30. The van der Waals surface area contributed by atoms with Gasteiger partial charge in [0.05, 0.1) is 22.3 Å². The van der Waals surface area contributed by atoms with Crippen molar-refractivity contribution < 1.29 is 14.0 Å². The Morgan fingerprint density at radius 3 is 2.40 bits per heavy atom. The van der Waals surface area contributed by atoms with Crippen molar-refractivity contribution in [3.63, 3.8) is 0 Å². The first-order chi connectivity index (χ1) is 14.5. The Labute approximate surface area is 176 Å². The van der Waals surface area contributed by atoms with Crippen molar-refractivity contribution in [1.82, 2.24) is 9.78 Å². The van der Waals surface area contributed by atoms with Crippen LogP contribution in [0, 0.1) is 12.7 Å². The molecule has 0 aliphatic rings. The lowest BCUT2D eigenvalue weighted by Crippen LogP contribution is -2.14. The van der Waals surface area contributed by atoms with E-state index in [0.29, 0.717) is 27.5 Å². The van der Waals surface area contributed by atoms with Crippen LogP contribution in [0.3, 0.4) is 0 Å². The Balaban J connectivity index is 1.51. The third-order valence-electron chi connectivity index (χ3n) is 4.46. The molecule has 0 aliphatic heterocycles. The van der Waals surface area contributed by atoms with E-state index < -0.39 is 5.82 Å². The SMILES string of the molecule is Cc1c(C(=O)Nc2cccc(NC(=O)c3cccs3)c2)cnn1-c1ccccc1F. The van der Waals surface area contributed by atoms with E-state index in [1.165, 1.54) is 28.3 Å². The molecular formula is C22H17FN4O2S. The topological polar surface area (TPSA) is 76.0 Å². The summed E-state index contributed by atoms with van der Waals surface area (Å²) in [4.78, 5) is 25.5. The molecule has 2 aromatic heterocycles. The molecule has 0 fully saturated rings. The molecule has 6 nitrogen and oxygen atoms in total. The van der Waals surface area contributed by atoms with Crippen molar-refractivity contribution in [1.29, 1.82) is 0 Å².